The molecule has 4 rings (SSSR count). The van der Waals surface area contributed by atoms with Crippen LogP contribution in [0, 0.1) is 0 Å². The second-order valence-electron chi connectivity index (χ2n) is 6.26. The number of nitrogens with zero attached hydrogens (tertiary/aromatic N) is 4. The lowest BCUT2D eigenvalue weighted by Gasteiger charge is -2.14. The number of rotatable bonds is 7. The molecule has 8 heteroatoms. The molecule has 1 N–H and O–H groups in total. The molecule has 3 heterocycles. The van der Waals surface area contributed by atoms with Gasteiger partial charge in [-0.2, -0.15) is 9.67 Å². The van der Waals surface area contributed by atoms with Crippen molar-refractivity contribution in [3.63, 3.8) is 0 Å². The SMILES string of the molecule is CC(Oc1ccccc1)C(=O)n1nc(-c2cccnc2)nc1NCc1cccs1. The van der Waals surface area contributed by atoms with Gasteiger partial charge >= 0.3 is 0 Å². The molecule has 29 heavy (non-hydrogen) atoms. The van der Waals surface area contributed by atoms with Gasteiger partial charge in [0.25, 0.3) is 5.91 Å². The number of hydrogen-bond donors (Lipinski definition) is 1. The Labute approximate surface area is 172 Å². The number of ether oxygens (including phenoxy) is 1. The molecule has 146 valence electrons. The first-order valence-corrected chi connectivity index (χ1v) is 9.98. The zero-order chi connectivity index (χ0) is 20.1. The van der Waals surface area contributed by atoms with Gasteiger partial charge in [0.15, 0.2) is 11.9 Å². The van der Waals surface area contributed by atoms with Gasteiger partial charge in [-0.25, -0.2) is 0 Å². The minimum atomic E-state index is -0.733. The highest BCUT2D eigenvalue weighted by molar-refractivity contribution is 7.09. The average molecular weight is 405 g/mol. The number of aromatic nitrogens is 4. The van der Waals surface area contributed by atoms with Crippen LogP contribution in [0.1, 0.15) is 16.6 Å². The molecule has 0 amide bonds. The number of carbonyl (C=O) groups excluding carboxylic acids is 1. The van der Waals surface area contributed by atoms with Crippen LogP contribution in [0.3, 0.4) is 0 Å². The van der Waals surface area contributed by atoms with Crippen LogP contribution in [-0.2, 0) is 6.54 Å². The van der Waals surface area contributed by atoms with Gasteiger partial charge in [-0.1, -0.05) is 24.3 Å². The van der Waals surface area contributed by atoms with E-state index in [4.69, 9.17) is 4.74 Å². The minimum absolute atomic E-state index is 0.315. The summed E-state index contributed by atoms with van der Waals surface area (Å²) in [4.78, 5) is 22.8. The zero-order valence-electron chi connectivity index (χ0n) is 15.7. The van der Waals surface area contributed by atoms with Crippen LogP contribution in [0.5, 0.6) is 5.75 Å². The van der Waals surface area contributed by atoms with Crippen LogP contribution in [-0.4, -0.2) is 31.8 Å². The fourth-order valence-electron chi connectivity index (χ4n) is 2.70. The van der Waals surface area contributed by atoms with Gasteiger partial charge in [-0.15, -0.1) is 16.4 Å². The van der Waals surface area contributed by atoms with Crippen molar-refractivity contribution in [3.8, 4) is 17.1 Å². The summed E-state index contributed by atoms with van der Waals surface area (Å²) in [5, 5.41) is 9.63. The topological polar surface area (TPSA) is 81.9 Å². The number of para-hydroxylation sites is 1. The first-order chi connectivity index (χ1) is 14.2. The molecule has 0 aliphatic carbocycles. The van der Waals surface area contributed by atoms with Crippen LogP contribution < -0.4 is 10.1 Å². The number of hydrogen-bond acceptors (Lipinski definition) is 7. The largest absolute Gasteiger partial charge is 0.481 e. The predicted molar refractivity (Wildman–Crippen MR) is 112 cm³/mol. The van der Waals surface area contributed by atoms with Gasteiger partial charge in [-0.05, 0) is 42.6 Å². The van der Waals surface area contributed by atoms with Crippen molar-refractivity contribution in [1.82, 2.24) is 19.7 Å². The fraction of sp³-hybridized carbons (Fsp3) is 0.143. The van der Waals surface area contributed by atoms with Crippen LogP contribution in [0.2, 0.25) is 0 Å². The third-order valence-corrected chi connectivity index (χ3v) is 5.02. The van der Waals surface area contributed by atoms with Crippen molar-refractivity contribution < 1.29 is 9.53 Å². The third-order valence-electron chi connectivity index (χ3n) is 4.14. The quantitative estimate of drug-likeness (QED) is 0.498. The molecule has 1 unspecified atom stereocenters. The molecule has 1 aromatic carbocycles. The number of carbonyl (C=O) groups is 1. The summed E-state index contributed by atoms with van der Waals surface area (Å²) in [6, 6.07) is 16.9. The Balaban J connectivity index is 1.60. The van der Waals surface area contributed by atoms with Crippen molar-refractivity contribution in [2.75, 3.05) is 5.32 Å². The lowest BCUT2D eigenvalue weighted by molar-refractivity contribution is 0.0713. The fourth-order valence-corrected chi connectivity index (χ4v) is 3.35. The van der Waals surface area contributed by atoms with E-state index in [0.717, 1.165) is 10.4 Å². The Morgan fingerprint density at radius 2 is 2.03 bits per heavy atom. The summed E-state index contributed by atoms with van der Waals surface area (Å²) in [5.41, 5.74) is 0.731. The number of nitrogens with one attached hydrogen (secondary N) is 1. The van der Waals surface area contributed by atoms with E-state index < -0.39 is 6.10 Å². The van der Waals surface area contributed by atoms with Gasteiger partial charge in [0.05, 0.1) is 6.54 Å². The van der Waals surface area contributed by atoms with Crippen LogP contribution >= 0.6 is 11.3 Å². The summed E-state index contributed by atoms with van der Waals surface area (Å²) in [6.07, 6.45) is 2.61. The van der Waals surface area contributed by atoms with E-state index in [1.807, 2.05) is 53.9 Å². The maximum atomic E-state index is 13.1. The van der Waals surface area contributed by atoms with Gasteiger partial charge in [0.2, 0.25) is 5.95 Å². The summed E-state index contributed by atoms with van der Waals surface area (Å²) in [7, 11) is 0. The van der Waals surface area contributed by atoms with Crippen molar-refractivity contribution in [2.45, 2.75) is 19.6 Å². The van der Waals surface area contributed by atoms with Crippen molar-refractivity contribution in [1.29, 1.82) is 0 Å². The van der Waals surface area contributed by atoms with Gasteiger partial charge in [0.1, 0.15) is 5.75 Å². The molecule has 1 atom stereocenters. The molecular formula is C21H19N5O2S. The van der Waals surface area contributed by atoms with E-state index in [1.165, 1.54) is 4.68 Å². The van der Waals surface area contributed by atoms with E-state index >= 15 is 0 Å². The van der Waals surface area contributed by atoms with Gasteiger partial charge in [-0.3, -0.25) is 9.78 Å². The third kappa shape index (κ3) is 4.49. The molecule has 0 fully saturated rings. The molecule has 0 saturated heterocycles. The molecule has 0 spiro atoms. The molecule has 0 saturated carbocycles. The molecule has 0 radical (unpaired) electrons. The van der Waals surface area contributed by atoms with Crippen LogP contribution in [0.4, 0.5) is 5.95 Å². The van der Waals surface area contributed by atoms with Crippen LogP contribution in [0.15, 0.2) is 72.4 Å². The highest BCUT2D eigenvalue weighted by Crippen LogP contribution is 2.20. The van der Waals surface area contributed by atoms with Crippen molar-refractivity contribution in [3.05, 3.63) is 77.2 Å². The van der Waals surface area contributed by atoms with Crippen molar-refractivity contribution in [2.24, 2.45) is 0 Å². The minimum Gasteiger partial charge on any atom is -0.481 e. The Kier molecular flexibility index (Phi) is 5.62. The Morgan fingerprint density at radius 3 is 2.76 bits per heavy atom. The standard InChI is InChI=1S/C21H19N5O2S/c1-15(28-17-8-3-2-4-9-17)20(27)26-21(23-14-18-10-6-12-29-18)24-19(25-26)16-7-5-11-22-13-16/h2-13,15H,14H2,1H3,(H,23,24,25). The zero-order valence-corrected chi connectivity index (χ0v) is 16.5. The first kappa shape index (κ1) is 18.8. The maximum absolute atomic E-state index is 13.1. The summed E-state index contributed by atoms with van der Waals surface area (Å²) in [5.74, 6) is 1.09. The van der Waals surface area contributed by atoms with Crippen molar-refractivity contribution >= 4 is 23.2 Å². The summed E-state index contributed by atoms with van der Waals surface area (Å²) in [6.45, 7) is 2.24. The smallest absolute Gasteiger partial charge is 0.290 e. The molecule has 4 aromatic rings. The van der Waals surface area contributed by atoms with E-state index in [0.29, 0.717) is 24.1 Å². The molecule has 3 aromatic heterocycles. The normalized spacial score (nSPS) is 11.8. The molecule has 0 aliphatic rings. The first-order valence-electron chi connectivity index (χ1n) is 9.10. The highest BCUT2D eigenvalue weighted by atomic mass is 32.1. The van der Waals surface area contributed by atoms with Gasteiger partial charge in [0, 0.05) is 22.8 Å². The van der Waals surface area contributed by atoms with E-state index in [-0.39, 0.29) is 5.91 Å². The molecule has 7 nitrogen and oxygen atoms in total. The maximum Gasteiger partial charge on any atom is 0.290 e. The lowest BCUT2D eigenvalue weighted by Crippen LogP contribution is -2.31. The second kappa shape index (κ2) is 8.66. The average Bonchev–Trinajstić information content (AvgIpc) is 3.43. The Morgan fingerprint density at radius 1 is 1.17 bits per heavy atom. The number of thiophene rings is 1. The van der Waals surface area contributed by atoms with E-state index in [2.05, 4.69) is 20.4 Å². The highest BCUT2D eigenvalue weighted by Gasteiger charge is 2.23. The number of anilines is 1. The van der Waals surface area contributed by atoms with E-state index in [9.17, 15) is 4.79 Å². The Bertz CT molecular complexity index is 1070. The van der Waals surface area contributed by atoms with Crippen LogP contribution in [0.25, 0.3) is 11.4 Å². The second-order valence-corrected chi connectivity index (χ2v) is 7.29. The van der Waals surface area contributed by atoms with E-state index in [1.54, 1.807) is 36.7 Å². The Hall–Kier alpha value is -3.52. The molecule has 0 bridgehead atoms. The lowest BCUT2D eigenvalue weighted by atomic mass is 10.3. The number of pyridine rings is 1. The summed E-state index contributed by atoms with van der Waals surface area (Å²) >= 11 is 1.63. The number of benzene rings is 1. The molecule has 0 aliphatic heterocycles. The monoisotopic (exact) mass is 405 g/mol. The predicted octanol–water partition coefficient (Wildman–Crippen LogP) is 4.12. The summed E-state index contributed by atoms with van der Waals surface area (Å²) < 4.78 is 7.04. The van der Waals surface area contributed by atoms with Gasteiger partial charge < -0.3 is 10.1 Å². The molecular weight excluding hydrogens is 386 g/mol.